The molecule has 0 spiro atoms. The molecule has 1 heterocycles. The van der Waals surface area contributed by atoms with Gasteiger partial charge in [-0.2, -0.15) is 11.8 Å². The van der Waals surface area contributed by atoms with E-state index in [1.807, 2.05) is 11.8 Å². The van der Waals surface area contributed by atoms with Crippen molar-refractivity contribution in [2.75, 3.05) is 25.9 Å². The Morgan fingerprint density at radius 3 is 2.42 bits per heavy atom. The van der Waals surface area contributed by atoms with Crippen LogP contribution in [0, 0.1) is 5.41 Å². The van der Waals surface area contributed by atoms with Gasteiger partial charge in [0.25, 0.3) is 0 Å². The summed E-state index contributed by atoms with van der Waals surface area (Å²) in [5.74, 6) is 0.316. The van der Waals surface area contributed by atoms with E-state index in [2.05, 4.69) is 23.8 Å². The lowest BCUT2D eigenvalue weighted by Gasteiger charge is -2.42. The fraction of sp³-hybridized carbons (Fsp3) is 0.933. The summed E-state index contributed by atoms with van der Waals surface area (Å²) in [6.07, 6.45) is 10.2. The SMILES string of the molecule is CCCC1(C(=O)NCC2(SC)CCC2)CCNCC1. The largest absolute Gasteiger partial charge is 0.354 e. The molecule has 2 N–H and O–H groups in total. The summed E-state index contributed by atoms with van der Waals surface area (Å²) >= 11 is 1.93. The predicted molar refractivity (Wildman–Crippen MR) is 82.6 cm³/mol. The van der Waals surface area contributed by atoms with Gasteiger partial charge in [-0.1, -0.05) is 19.8 Å². The molecule has 2 fully saturated rings. The molecule has 0 aromatic heterocycles. The minimum absolute atomic E-state index is 0.0939. The standard InChI is InChI=1S/C15H28N2OS/c1-3-5-14(8-10-16-11-9-14)13(18)17-12-15(19-2)6-4-7-15/h16H,3-12H2,1-2H3,(H,17,18). The smallest absolute Gasteiger partial charge is 0.226 e. The van der Waals surface area contributed by atoms with Gasteiger partial charge in [0.1, 0.15) is 0 Å². The summed E-state index contributed by atoms with van der Waals surface area (Å²) in [4.78, 5) is 12.7. The van der Waals surface area contributed by atoms with Crippen LogP contribution in [0.1, 0.15) is 51.9 Å². The van der Waals surface area contributed by atoms with E-state index in [1.165, 1.54) is 19.3 Å². The molecule has 1 saturated heterocycles. The Morgan fingerprint density at radius 2 is 1.95 bits per heavy atom. The van der Waals surface area contributed by atoms with Crippen molar-refractivity contribution in [2.45, 2.75) is 56.6 Å². The zero-order chi connectivity index (χ0) is 13.8. The summed E-state index contributed by atoms with van der Waals surface area (Å²) in [6.45, 7) is 5.03. The van der Waals surface area contributed by atoms with Gasteiger partial charge in [0.15, 0.2) is 0 Å². The van der Waals surface area contributed by atoms with Crippen molar-refractivity contribution in [3.05, 3.63) is 0 Å². The topological polar surface area (TPSA) is 41.1 Å². The van der Waals surface area contributed by atoms with E-state index >= 15 is 0 Å². The van der Waals surface area contributed by atoms with E-state index in [0.29, 0.717) is 10.7 Å². The highest BCUT2D eigenvalue weighted by molar-refractivity contribution is 8.00. The van der Waals surface area contributed by atoms with Crippen molar-refractivity contribution in [1.82, 2.24) is 10.6 Å². The fourth-order valence-corrected chi connectivity index (χ4v) is 4.34. The van der Waals surface area contributed by atoms with Crippen molar-refractivity contribution >= 4 is 17.7 Å². The van der Waals surface area contributed by atoms with Crippen LogP contribution in [0.5, 0.6) is 0 Å². The van der Waals surface area contributed by atoms with Crippen molar-refractivity contribution in [2.24, 2.45) is 5.41 Å². The van der Waals surface area contributed by atoms with E-state index in [0.717, 1.165) is 45.3 Å². The summed E-state index contributed by atoms with van der Waals surface area (Å²) in [5, 5.41) is 6.66. The molecule has 0 aromatic carbocycles. The average molecular weight is 284 g/mol. The Kier molecular flexibility index (Phi) is 5.18. The predicted octanol–water partition coefficient (Wildman–Crippen LogP) is 2.56. The van der Waals surface area contributed by atoms with Crippen LogP contribution in [0.3, 0.4) is 0 Å². The van der Waals surface area contributed by atoms with E-state index in [4.69, 9.17) is 0 Å². The van der Waals surface area contributed by atoms with E-state index < -0.39 is 0 Å². The number of hydrogen-bond acceptors (Lipinski definition) is 3. The van der Waals surface area contributed by atoms with E-state index in [-0.39, 0.29) is 5.41 Å². The Morgan fingerprint density at radius 1 is 1.26 bits per heavy atom. The molecule has 0 aromatic rings. The van der Waals surface area contributed by atoms with Crippen LogP contribution < -0.4 is 10.6 Å². The first kappa shape index (κ1) is 15.2. The van der Waals surface area contributed by atoms with E-state index in [9.17, 15) is 4.79 Å². The third-order valence-corrected chi connectivity index (χ3v) is 6.46. The Labute approximate surface area is 121 Å². The van der Waals surface area contributed by atoms with Gasteiger partial charge in [0.2, 0.25) is 5.91 Å². The monoisotopic (exact) mass is 284 g/mol. The summed E-state index contributed by atoms with van der Waals surface area (Å²) in [6, 6.07) is 0. The van der Waals surface area contributed by atoms with Crippen LogP contribution in [0.2, 0.25) is 0 Å². The molecule has 1 saturated carbocycles. The number of piperidine rings is 1. The first-order chi connectivity index (χ1) is 9.16. The Balaban J connectivity index is 1.92. The summed E-state index contributed by atoms with van der Waals surface area (Å²) < 4.78 is 0.343. The van der Waals surface area contributed by atoms with Gasteiger partial charge >= 0.3 is 0 Å². The fourth-order valence-electron chi connectivity index (χ4n) is 3.43. The van der Waals surface area contributed by atoms with Gasteiger partial charge in [0.05, 0.1) is 5.41 Å². The number of rotatable bonds is 6. The highest BCUT2D eigenvalue weighted by Gasteiger charge is 2.41. The van der Waals surface area contributed by atoms with E-state index in [1.54, 1.807) is 0 Å². The molecule has 1 amide bonds. The maximum atomic E-state index is 12.7. The van der Waals surface area contributed by atoms with Crippen LogP contribution in [0.15, 0.2) is 0 Å². The normalized spacial score (nSPS) is 24.5. The maximum Gasteiger partial charge on any atom is 0.226 e. The van der Waals surface area contributed by atoms with Crippen LogP contribution in [0.4, 0.5) is 0 Å². The zero-order valence-corrected chi connectivity index (χ0v) is 13.2. The average Bonchev–Trinajstić information content (AvgIpc) is 2.39. The highest BCUT2D eigenvalue weighted by atomic mass is 32.2. The van der Waals surface area contributed by atoms with Crippen molar-refractivity contribution in [3.8, 4) is 0 Å². The third-order valence-electron chi connectivity index (χ3n) is 5.04. The minimum atomic E-state index is -0.0939. The third kappa shape index (κ3) is 3.27. The molecular formula is C15H28N2OS. The lowest BCUT2D eigenvalue weighted by molar-refractivity contribution is -0.133. The second kappa shape index (κ2) is 6.49. The molecule has 0 bridgehead atoms. The van der Waals surface area contributed by atoms with Crippen LogP contribution in [0.25, 0.3) is 0 Å². The first-order valence-electron chi connectivity index (χ1n) is 7.71. The number of hydrogen-bond donors (Lipinski definition) is 2. The number of thioether (sulfide) groups is 1. The number of carbonyl (C=O) groups excluding carboxylic acids is 1. The quantitative estimate of drug-likeness (QED) is 0.787. The molecule has 4 heteroatoms. The van der Waals surface area contributed by atoms with Gasteiger partial charge in [0, 0.05) is 11.3 Å². The molecule has 110 valence electrons. The molecule has 1 aliphatic carbocycles. The van der Waals surface area contributed by atoms with Crippen molar-refractivity contribution in [3.63, 3.8) is 0 Å². The number of nitrogens with one attached hydrogen (secondary N) is 2. The molecular weight excluding hydrogens is 256 g/mol. The van der Waals surface area contributed by atoms with Crippen LogP contribution in [-0.4, -0.2) is 36.5 Å². The number of carbonyl (C=O) groups is 1. The second-order valence-electron chi connectivity index (χ2n) is 6.20. The Bertz CT molecular complexity index is 298. The van der Waals surface area contributed by atoms with Crippen LogP contribution >= 0.6 is 11.8 Å². The molecule has 2 aliphatic rings. The lowest BCUT2D eigenvalue weighted by atomic mass is 9.74. The molecule has 1 aliphatic heterocycles. The van der Waals surface area contributed by atoms with Gasteiger partial charge in [-0.3, -0.25) is 4.79 Å². The molecule has 3 nitrogen and oxygen atoms in total. The second-order valence-corrected chi connectivity index (χ2v) is 7.48. The van der Waals surface area contributed by atoms with Gasteiger partial charge in [-0.05, 0) is 51.4 Å². The molecule has 0 radical (unpaired) electrons. The van der Waals surface area contributed by atoms with Gasteiger partial charge in [-0.15, -0.1) is 0 Å². The first-order valence-corrected chi connectivity index (χ1v) is 8.93. The molecule has 0 atom stereocenters. The number of amides is 1. The maximum absolute atomic E-state index is 12.7. The highest BCUT2D eigenvalue weighted by Crippen LogP contribution is 2.42. The minimum Gasteiger partial charge on any atom is -0.354 e. The zero-order valence-electron chi connectivity index (χ0n) is 12.4. The van der Waals surface area contributed by atoms with Gasteiger partial charge < -0.3 is 10.6 Å². The Hall–Kier alpha value is -0.220. The van der Waals surface area contributed by atoms with Crippen molar-refractivity contribution in [1.29, 1.82) is 0 Å². The summed E-state index contributed by atoms with van der Waals surface area (Å²) in [5.41, 5.74) is -0.0939. The molecule has 0 unspecified atom stereocenters. The van der Waals surface area contributed by atoms with Gasteiger partial charge in [-0.25, -0.2) is 0 Å². The van der Waals surface area contributed by atoms with Crippen molar-refractivity contribution < 1.29 is 4.79 Å². The molecule has 2 rings (SSSR count). The molecule has 19 heavy (non-hydrogen) atoms. The summed E-state index contributed by atoms with van der Waals surface area (Å²) in [7, 11) is 0. The van der Waals surface area contributed by atoms with Crippen LogP contribution in [-0.2, 0) is 4.79 Å². The lowest BCUT2D eigenvalue weighted by Crippen LogP contribution is -2.52.